The number of nitrogens with two attached hydrogens (primary N) is 1. The summed E-state index contributed by atoms with van der Waals surface area (Å²) >= 11 is 0. The molecule has 0 spiro atoms. The first-order valence-electron chi connectivity index (χ1n) is 5.80. The van der Waals surface area contributed by atoms with E-state index in [1.807, 2.05) is 11.8 Å². The highest BCUT2D eigenvalue weighted by Gasteiger charge is 2.51. The third kappa shape index (κ3) is 2.32. The van der Waals surface area contributed by atoms with Gasteiger partial charge in [0.25, 0.3) is 0 Å². The second-order valence-electron chi connectivity index (χ2n) is 4.70. The van der Waals surface area contributed by atoms with Crippen LogP contribution in [0.4, 0.5) is 0 Å². The summed E-state index contributed by atoms with van der Waals surface area (Å²) in [6.45, 7) is 4.65. The second kappa shape index (κ2) is 4.10. The quantitative estimate of drug-likeness (QED) is 0.670. The van der Waals surface area contributed by atoms with Crippen LogP contribution in [0.1, 0.15) is 26.2 Å². The number of likely N-dealkylation sites (tertiary alicyclic amines) is 1. The van der Waals surface area contributed by atoms with Gasteiger partial charge in [0.1, 0.15) is 0 Å². The molecule has 2 fully saturated rings. The first-order chi connectivity index (χ1) is 7.15. The van der Waals surface area contributed by atoms with Gasteiger partial charge in [-0.1, -0.05) is 0 Å². The van der Waals surface area contributed by atoms with Crippen LogP contribution in [0.3, 0.4) is 0 Å². The number of carbonyl (C=O) groups excluding carboxylic acids is 1. The van der Waals surface area contributed by atoms with Gasteiger partial charge in [-0.05, 0) is 25.7 Å². The first-order valence-corrected chi connectivity index (χ1v) is 5.80. The van der Waals surface area contributed by atoms with Crippen LogP contribution in [-0.2, 0) is 9.53 Å². The van der Waals surface area contributed by atoms with Gasteiger partial charge in [-0.25, -0.2) is 0 Å². The van der Waals surface area contributed by atoms with E-state index >= 15 is 0 Å². The van der Waals surface area contributed by atoms with Crippen molar-refractivity contribution in [2.75, 3.05) is 26.3 Å². The van der Waals surface area contributed by atoms with Gasteiger partial charge in [0.05, 0.1) is 18.6 Å². The van der Waals surface area contributed by atoms with Crippen molar-refractivity contribution in [2.45, 2.75) is 31.7 Å². The van der Waals surface area contributed by atoms with Gasteiger partial charge >= 0.3 is 0 Å². The van der Waals surface area contributed by atoms with Crippen molar-refractivity contribution in [2.24, 2.45) is 11.7 Å². The summed E-state index contributed by atoms with van der Waals surface area (Å²) in [5.41, 5.74) is 6.11. The lowest BCUT2D eigenvalue weighted by Crippen LogP contribution is -2.69. The molecule has 4 nitrogen and oxygen atoms in total. The van der Waals surface area contributed by atoms with E-state index in [1.165, 1.54) is 12.8 Å². The number of rotatable bonds is 5. The Kier molecular flexibility index (Phi) is 2.98. The molecule has 0 aromatic heterocycles. The molecule has 1 aliphatic heterocycles. The van der Waals surface area contributed by atoms with E-state index in [-0.39, 0.29) is 11.4 Å². The molecular weight excluding hydrogens is 192 g/mol. The monoisotopic (exact) mass is 212 g/mol. The van der Waals surface area contributed by atoms with E-state index in [0.29, 0.717) is 25.6 Å². The molecule has 1 aliphatic carbocycles. The maximum atomic E-state index is 11.6. The Hall–Kier alpha value is -0.610. The summed E-state index contributed by atoms with van der Waals surface area (Å²) in [6, 6.07) is 0. The number of nitrogens with zero attached hydrogens (tertiary/aromatic N) is 1. The van der Waals surface area contributed by atoms with E-state index < -0.39 is 0 Å². The van der Waals surface area contributed by atoms with Gasteiger partial charge in [-0.2, -0.15) is 0 Å². The van der Waals surface area contributed by atoms with E-state index in [9.17, 15) is 4.79 Å². The van der Waals surface area contributed by atoms with Crippen molar-refractivity contribution in [1.82, 2.24) is 4.90 Å². The minimum absolute atomic E-state index is 0.0543. The van der Waals surface area contributed by atoms with Gasteiger partial charge in [-0.3, -0.25) is 4.79 Å². The highest BCUT2D eigenvalue weighted by molar-refractivity contribution is 5.77. The average molecular weight is 212 g/mol. The third-order valence-corrected chi connectivity index (χ3v) is 3.38. The summed E-state index contributed by atoms with van der Waals surface area (Å²) in [5, 5.41) is 0. The topological polar surface area (TPSA) is 55.6 Å². The van der Waals surface area contributed by atoms with Crippen LogP contribution in [0.25, 0.3) is 0 Å². The maximum absolute atomic E-state index is 11.6. The largest absolute Gasteiger partial charge is 0.381 e. The standard InChI is InChI=1S/C11H20N2O2/c1-2-15-6-5-10(14)13-7-11(12,8-13)9-3-4-9/h9H,2-8,12H2,1H3. The predicted octanol–water partition coefficient (Wildman–Crippen LogP) is 0.363. The Balaban J connectivity index is 1.67. The number of hydrogen-bond donors (Lipinski definition) is 1. The fourth-order valence-electron chi connectivity index (χ4n) is 2.22. The Labute approximate surface area is 90.8 Å². The van der Waals surface area contributed by atoms with E-state index in [0.717, 1.165) is 13.1 Å². The molecule has 0 aromatic carbocycles. The van der Waals surface area contributed by atoms with Crippen molar-refractivity contribution < 1.29 is 9.53 Å². The van der Waals surface area contributed by atoms with Gasteiger partial charge in [0.15, 0.2) is 0 Å². The molecule has 4 heteroatoms. The number of hydrogen-bond acceptors (Lipinski definition) is 3. The molecule has 2 N–H and O–H groups in total. The highest BCUT2D eigenvalue weighted by atomic mass is 16.5. The molecule has 86 valence electrons. The van der Waals surface area contributed by atoms with E-state index in [1.54, 1.807) is 0 Å². The van der Waals surface area contributed by atoms with Crippen LogP contribution in [0, 0.1) is 5.92 Å². The number of amides is 1. The van der Waals surface area contributed by atoms with Crippen LogP contribution >= 0.6 is 0 Å². The van der Waals surface area contributed by atoms with Crippen LogP contribution in [-0.4, -0.2) is 42.6 Å². The number of ether oxygens (including phenoxy) is 1. The van der Waals surface area contributed by atoms with Gasteiger partial charge in [0.2, 0.25) is 5.91 Å². The van der Waals surface area contributed by atoms with Crippen molar-refractivity contribution >= 4 is 5.91 Å². The average Bonchev–Trinajstić information content (AvgIpc) is 2.96. The highest BCUT2D eigenvalue weighted by Crippen LogP contribution is 2.42. The van der Waals surface area contributed by atoms with Gasteiger partial charge in [0, 0.05) is 19.7 Å². The summed E-state index contributed by atoms with van der Waals surface area (Å²) in [4.78, 5) is 13.5. The smallest absolute Gasteiger partial charge is 0.225 e. The molecule has 0 unspecified atom stereocenters. The Morgan fingerprint density at radius 2 is 2.20 bits per heavy atom. The summed E-state index contributed by atoms with van der Waals surface area (Å²) in [7, 11) is 0. The molecular formula is C11H20N2O2. The molecule has 1 amide bonds. The molecule has 1 saturated carbocycles. The van der Waals surface area contributed by atoms with E-state index in [2.05, 4.69) is 0 Å². The zero-order valence-corrected chi connectivity index (χ0v) is 9.37. The Bertz CT molecular complexity index is 245. The minimum Gasteiger partial charge on any atom is -0.381 e. The van der Waals surface area contributed by atoms with Crippen LogP contribution in [0.5, 0.6) is 0 Å². The lowest BCUT2D eigenvalue weighted by Gasteiger charge is -2.48. The SMILES string of the molecule is CCOCCC(=O)N1CC(N)(C2CC2)C1. The summed E-state index contributed by atoms with van der Waals surface area (Å²) in [5.74, 6) is 0.860. The van der Waals surface area contributed by atoms with Crippen LogP contribution in [0.15, 0.2) is 0 Å². The van der Waals surface area contributed by atoms with Crippen LogP contribution in [0.2, 0.25) is 0 Å². The van der Waals surface area contributed by atoms with Crippen molar-refractivity contribution in [1.29, 1.82) is 0 Å². The lowest BCUT2D eigenvalue weighted by atomic mass is 9.85. The zero-order chi connectivity index (χ0) is 10.9. The first kappa shape index (κ1) is 10.9. The Morgan fingerprint density at radius 3 is 2.73 bits per heavy atom. The third-order valence-electron chi connectivity index (χ3n) is 3.38. The normalized spacial score (nSPS) is 23.7. The van der Waals surface area contributed by atoms with Gasteiger partial charge in [-0.15, -0.1) is 0 Å². The summed E-state index contributed by atoms with van der Waals surface area (Å²) < 4.78 is 5.16. The second-order valence-corrected chi connectivity index (χ2v) is 4.70. The number of carbonyl (C=O) groups is 1. The molecule has 2 aliphatic rings. The van der Waals surface area contributed by atoms with Gasteiger partial charge < -0.3 is 15.4 Å². The maximum Gasteiger partial charge on any atom is 0.225 e. The predicted molar refractivity (Wildman–Crippen MR) is 57.3 cm³/mol. The summed E-state index contributed by atoms with van der Waals surface area (Å²) in [6.07, 6.45) is 2.99. The molecule has 0 bridgehead atoms. The van der Waals surface area contributed by atoms with Crippen molar-refractivity contribution in [3.05, 3.63) is 0 Å². The molecule has 15 heavy (non-hydrogen) atoms. The molecule has 2 rings (SSSR count). The molecule has 0 atom stereocenters. The minimum atomic E-state index is -0.0543. The fourth-order valence-corrected chi connectivity index (χ4v) is 2.22. The zero-order valence-electron chi connectivity index (χ0n) is 9.37. The van der Waals surface area contributed by atoms with Crippen molar-refractivity contribution in [3.8, 4) is 0 Å². The molecule has 0 radical (unpaired) electrons. The van der Waals surface area contributed by atoms with Crippen LogP contribution < -0.4 is 5.73 Å². The molecule has 0 aromatic rings. The Morgan fingerprint density at radius 1 is 1.53 bits per heavy atom. The fraction of sp³-hybridized carbons (Fsp3) is 0.909. The van der Waals surface area contributed by atoms with E-state index in [4.69, 9.17) is 10.5 Å². The van der Waals surface area contributed by atoms with Crippen molar-refractivity contribution in [3.63, 3.8) is 0 Å². The molecule has 1 heterocycles. The lowest BCUT2D eigenvalue weighted by molar-refractivity contribution is -0.140. The molecule has 1 saturated heterocycles.